The van der Waals surface area contributed by atoms with Crippen molar-refractivity contribution < 1.29 is 4.92 Å². The lowest BCUT2D eigenvalue weighted by molar-refractivity contribution is -0.384. The van der Waals surface area contributed by atoms with Gasteiger partial charge in [0.1, 0.15) is 5.82 Å². The van der Waals surface area contributed by atoms with Gasteiger partial charge in [-0.25, -0.2) is 4.98 Å². The summed E-state index contributed by atoms with van der Waals surface area (Å²) in [4.78, 5) is 27.5. The van der Waals surface area contributed by atoms with Crippen LogP contribution in [0.2, 0.25) is 0 Å². The van der Waals surface area contributed by atoms with E-state index >= 15 is 0 Å². The summed E-state index contributed by atoms with van der Waals surface area (Å²) < 4.78 is 1.58. The number of rotatable bonds is 4. The maximum Gasteiger partial charge on any atom is 0.270 e. The SMILES string of the molecule is CCn1c(/C=C/c2cccc([N+](=O)[O-])c2)nc2ccccc2c1=O. The molecule has 0 unspecified atom stereocenters. The molecule has 6 nitrogen and oxygen atoms in total. The minimum Gasteiger partial charge on any atom is -0.293 e. The monoisotopic (exact) mass is 321 g/mol. The average Bonchev–Trinajstić information content (AvgIpc) is 2.60. The van der Waals surface area contributed by atoms with Gasteiger partial charge in [0.25, 0.3) is 11.2 Å². The summed E-state index contributed by atoms with van der Waals surface area (Å²) >= 11 is 0. The summed E-state index contributed by atoms with van der Waals surface area (Å²) in [7, 11) is 0. The van der Waals surface area contributed by atoms with Crippen LogP contribution in [0.4, 0.5) is 5.69 Å². The number of nitro benzene ring substituents is 1. The summed E-state index contributed by atoms with van der Waals surface area (Å²) in [6.45, 7) is 2.37. The highest BCUT2D eigenvalue weighted by atomic mass is 16.6. The van der Waals surface area contributed by atoms with Crippen LogP contribution < -0.4 is 5.56 Å². The number of aromatic nitrogens is 2. The van der Waals surface area contributed by atoms with E-state index in [-0.39, 0.29) is 11.2 Å². The molecule has 0 amide bonds. The third-order valence-corrected chi connectivity index (χ3v) is 3.71. The molecule has 0 aliphatic rings. The predicted molar refractivity (Wildman–Crippen MR) is 93.7 cm³/mol. The first kappa shape index (κ1) is 15.6. The van der Waals surface area contributed by atoms with Gasteiger partial charge in [0.2, 0.25) is 0 Å². The quantitative estimate of drug-likeness (QED) is 0.544. The van der Waals surface area contributed by atoms with Gasteiger partial charge in [0, 0.05) is 18.7 Å². The molecule has 0 N–H and O–H groups in total. The van der Waals surface area contributed by atoms with Gasteiger partial charge in [0.15, 0.2) is 0 Å². The molecule has 24 heavy (non-hydrogen) atoms. The first-order chi connectivity index (χ1) is 11.6. The molecule has 1 heterocycles. The lowest BCUT2D eigenvalue weighted by Gasteiger charge is -2.08. The van der Waals surface area contributed by atoms with E-state index in [0.29, 0.717) is 28.8 Å². The van der Waals surface area contributed by atoms with Crippen molar-refractivity contribution in [1.29, 1.82) is 0 Å². The van der Waals surface area contributed by atoms with Crippen molar-refractivity contribution in [2.75, 3.05) is 0 Å². The van der Waals surface area contributed by atoms with E-state index in [9.17, 15) is 14.9 Å². The summed E-state index contributed by atoms with van der Waals surface area (Å²) in [5.74, 6) is 0.521. The lowest BCUT2D eigenvalue weighted by Crippen LogP contribution is -2.22. The van der Waals surface area contributed by atoms with Gasteiger partial charge >= 0.3 is 0 Å². The van der Waals surface area contributed by atoms with Gasteiger partial charge in [-0.05, 0) is 30.7 Å². The third kappa shape index (κ3) is 2.94. The van der Waals surface area contributed by atoms with Crippen LogP contribution in [0.15, 0.2) is 53.3 Å². The zero-order chi connectivity index (χ0) is 17.1. The van der Waals surface area contributed by atoms with E-state index in [1.54, 1.807) is 41.0 Å². The minimum atomic E-state index is -0.437. The smallest absolute Gasteiger partial charge is 0.270 e. The average molecular weight is 321 g/mol. The van der Waals surface area contributed by atoms with Crippen LogP contribution >= 0.6 is 0 Å². The van der Waals surface area contributed by atoms with Crippen LogP contribution in [-0.2, 0) is 6.54 Å². The molecule has 3 rings (SSSR count). The fourth-order valence-electron chi connectivity index (χ4n) is 2.53. The van der Waals surface area contributed by atoms with Crippen LogP contribution in [-0.4, -0.2) is 14.5 Å². The van der Waals surface area contributed by atoms with E-state index in [1.165, 1.54) is 12.1 Å². The summed E-state index contributed by atoms with van der Waals surface area (Å²) in [6, 6.07) is 13.5. The van der Waals surface area contributed by atoms with Crippen molar-refractivity contribution in [2.24, 2.45) is 0 Å². The Morgan fingerprint density at radius 1 is 1.17 bits per heavy atom. The molecule has 0 spiro atoms. The molecule has 1 aromatic heterocycles. The molecular formula is C18H15N3O3. The van der Waals surface area contributed by atoms with Crippen molar-refractivity contribution in [2.45, 2.75) is 13.5 Å². The Morgan fingerprint density at radius 3 is 2.71 bits per heavy atom. The van der Waals surface area contributed by atoms with E-state index in [1.807, 2.05) is 19.1 Å². The van der Waals surface area contributed by atoms with Crippen molar-refractivity contribution in [3.63, 3.8) is 0 Å². The zero-order valence-corrected chi connectivity index (χ0v) is 13.0. The predicted octanol–water partition coefficient (Wildman–Crippen LogP) is 3.50. The lowest BCUT2D eigenvalue weighted by atomic mass is 10.2. The molecule has 3 aromatic rings. The fraction of sp³-hybridized carbons (Fsp3) is 0.111. The topological polar surface area (TPSA) is 78.0 Å². The molecule has 6 heteroatoms. The number of para-hydroxylation sites is 1. The van der Waals surface area contributed by atoms with E-state index in [4.69, 9.17) is 0 Å². The Balaban J connectivity index is 2.08. The summed E-state index contributed by atoms with van der Waals surface area (Å²) in [5.41, 5.74) is 1.23. The van der Waals surface area contributed by atoms with E-state index < -0.39 is 4.92 Å². The number of non-ortho nitro benzene ring substituents is 1. The summed E-state index contributed by atoms with van der Waals surface area (Å²) in [5, 5.41) is 11.4. The maximum absolute atomic E-state index is 12.5. The van der Waals surface area contributed by atoms with Gasteiger partial charge < -0.3 is 0 Å². The molecule has 120 valence electrons. The molecule has 0 saturated carbocycles. The first-order valence-corrected chi connectivity index (χ1v) is 7.52. The van der Waals surface area contributed by atoms with Crippen molar-refractivity contribution >= 4 is 28.7 Å². The second-order valence-corrected chi connectivity index (χ2v) is 5.22. The van der Waals surface area contributed by atoms with Gasteiger partial charge in [-0.3, -0.25) is 19.5 Å². The molecule has 0 aliphatic heterocycles. The van der Waals surface area contributed by atoms with Crippen molar-refractivity contribution in [1.82, 2.24) is 9.55 Å². The highest BCUT2D eigenvalue weighted by molar-refractivity contribution is 5.79. The second kappa shape index (κ2) is 6.45. The second-order valence-electron chi connectivity index (χ2n) is 5.22. The van der Waals surface area contributed by atoms with Crippen LogP contribution in [0.25, 0.3) is 23.1 Å². The first-order valence-electron chi connectivity index (χ1n) is 7.52. The van der Waals surface area contributed by atoms with Crippen LogP contribution in [0.5, 0.6) is 0 Å². The Bertz CT molecular complexity index is 1010. The van der Waals surface area contributed by atoms with Gasteiger partial charge in [-0.2, -0.15) is 0 Å². The summed E-state index contributed by atoms with van der Waals surface area (Å²) in [6.07, 6.45) is 3.42. The van der Waals surface area contributed by atoms with Gasteiger partial charge in [-0.15, -0.1) is 0 Å². The number of fused-ring (bicyclic) bond motifs is 1. The molecule has 0 fully saturated rings. The van der Waals surface area contributed by atoms with Crippen LogP contribution in [0.3, 0.4) is 0 Å². The largest absolute Gasteiger partial charge is 0.293 e. The standard InChI is InChI=1S/C18H15N3O3/c1-2-20-17(19-16-9-4-3-8-15(16)18(20)22)11-10-13-6-5-7-14(12-13)21(23)24/h3-12H,2H2,1H3/b11-10+. The number of benzene rings is 2. The van der Waals surface area contributed by atoms with Crippen molar-refractivity contribution in [3.8, 4) is 0 Å². The number of nitro groups is 1. The number of hydrogen-bond donors (Lipinski definition) is 0. The molecular weight excluding hydrogens is 306 g/mol. The minimum absolute atomic E-state index is 0.0245. The molecule has 0 atom stereocenters. The van der Waals surface area contributed by atoms with Crippen molar-refractivity contribution in [3.05, 3.63) is 80.4 Å². The Morgan fingerprint density at radius 2 is 1.96 bits per heavy atom. The highest BCUT2D eigenvalue weighted by Crippen LogP contribution is 2.16. The van der Waals surface area contributed by atoms with E-state index in [0.717, 1.165) is 0 Å². The Hall–Kier alpha value is -3.28. The molecule has 0 aliphatic carbocycles. The third-order valence-electron chi connectivity index (χ3n) is 3.71. The molecule has 0 bridgehead atoms. The van der Waals surface area contributed by atoms with E-state index in [2.05, 4.69) is 4.98 Å². The zero-order valence-electron chi connectivity index (χ0n) is 13.0. The fourth-order valence-corrected chi connectivity index (χ4v) is 2.53. The highest BCUT2D eigenvalue weighted by Gasteiger charge is 2.08. The normalized spacial score (nSPS) is 11.2. The van der Waals surface area contributed by atoms with Crippen LogP contribution in [0, 0.1) is 10.1 Å². The molecule has 2 aromatic carbocycles. The van der Waals surface area contributed by atoms with Crippen LogP contribution in [0.1, 0.15) is 18.3 Å². The van der Waals surface area contributed by atoms with Gasteiger partial charge in [-0.1, -0.05) is 30.3 Å². The number of hydrogen-bond acceptors (Lipinski definition) is 4. The number of nitrogens with zero attached hydrogens (tertiary/aromatic N) is 3. The Labute approximate surface area is 137 Å². The van der Waals surface area contributed by atoms with Gasteiger partial charge in [0.05, 0.1) is 15.8 Å². The Kier molecular flexibility index (Phi) is 4.20. The molecule has 0 saturated heterocycles. The molecule has 0 radical (unpaired) electrons. The maximum atomic E-state index is 12.5.